The van der Waals surface area contributed by atoms with Gasteiger partial charge in [-0.3, -0.25) is 14.1 Å². The molecule has 0 bridgehead atoms. The fourth-order valence-corrected chi connectivity index (χ4v) is 4.07. The molecule has 198 valence electrons. The number of methoxy groups -OCH3 is 1. The van der Waals surface area contributed by atoms with Crippen LogP contribution in [-0.2, 0) is 4.79 Å². The molecule has 1 fully saturated rings. The van der Waals surface area contributed by atoms with Crippen LogP contribution in [0.3, 0.4) is 0 Å². The molecule has 0 spiro atoms. The first-order valence-corrected chi connectivity index (χ1v) is 12.4. The molecule has 3 atom stereocenters. The third-order valence-corrected chi connectivity index (χ3v) is 6.11. The van der Waals surface area contributed by atoms with Crippen LogP contribution in [0.5, 0.6) is 17.2 Å². The highest BCUT2D eigenvalue weighted by Gasteiger charge is 2.29. The number of alkyl halides is 1. The number of halogens is 1. The molecule has 0 aromatic heterocycles. The van der Waals surface area contributed by atoms with Gasteiger partial charge in [-0.05, 0) is 61.2 Å². The Hall–Kier alpha value is -2.88. The van der Waals surface area contributed by atoms with E-state index in [9.17, 15) is 19.4 Å². The normalized spacial score (nSPS) is 17.4. The van der Waals surface area contributed by atoms with Crippen LogP contribution in [0.4, 0.5) is 4.39 Å². The number of likely N-dealkylation sites (tertiary alicyclic amines) is 1. The maximum Gasteiger partial charge on any atom is 0.223 e. The van der Waals surface area contributed by atoms with E-state index in [1.165, 1.54) is 0 Å². The van der Waals surface area contributed by atoms with E-state index in [1.807, 2.05) is 4.90 Å². The van der Waals surface area contributed by atoms with Gasteiger partial charge in [0.05, 0.1) is 45.6 Å². The van der Waals surface area contributed by atoms with Gasteiger partial charge in [-0.25, -0.2) is 0 Å². The summed E-state index contributed by atoms with van der Waals surface area (Å²) < 4.78 is 28.6. The lowest BCUT2D eigenvalue weighted by Crippen LogP contribution is -2.47. The monoisotopic (exact) mass is 504 g/mol. The van der Waals surface area contributed by atoms with Gasteiger partial charge in [0.1, 0.15) is 23.4 Å². The number of nitrogens with zero attached hydrogens (tertiary/aromatic N) is 1. The molecule has 36 heavy (non-hydrogen) atoms. The summed E-state index contributed by atoms with van der Waals surface area (Å²) in [4.78, 5) is 14.7. The maximum absolute atomic E-state index is 12.7. The van der Waals surface area contributed by atoms with Crippen LogP contribution in [0.25, 0.3) is 0 Å². The van der Waals surface area contributed by atoms with Crippen LogP contribution in [0.15, 0.2) is 48.5 Å². The first-order valence-electron chi connectivity index (χ1n) is 12.4. The molecular weight excluding hydrogens is 467 g/mol. The van der Waals surface area contributed by atoms with Crippen LogP contribution < -0.4 is 19.5 Å². The molecule has 1 amide bonds. The molecule has 2 aromatic rings. The average Bonchev–Trinajstić information content (AvgIpc) is 3.31. The predicted molar refractivity (Wildman–Crippen MR) is 134 cm³/mol. The third-order valence-electron chi connectivity index (χ3n) is 6.11. The average molecular weight is 505 g/mol. The molecule has 0 aliphatic carbocycles. The van der Waals surface area contributed by atoms with Crippen molar-refractivity contribution in [2.24, 2.45) is 0 Å². The van der Waals surface area contributed by atoms with Gasteiger partial charge in [0.15, 0.2) is 0 Å². The summed E-state index contributed by atoms with van der Waals surface area (Å²) in [5, 5.41) is 24.0. The lowest BCUT2D eigenvalue weighted by Gasteiger charge is -2.29. The number of benzene rings is 2. The second-order valence-corrected chi connectivity index (χ2v) is 8.91. The first kappa shape index (κ1) is 27.7. The van der Waals surface area contributed by atoms with E-state index in [-0.39, 0.29) is 25.6 Å². The Morgan fingerprint density at radius 2 is 1.69 bits per heavy atom. The topological polar surface area (TPSA) is 100 Å². The number of hydrogen-bond acceptors (Lipinski definition) is 7. The Balaban J connectivity index is 1.56. The Morgan fingerprint density at radius 1 is 1.06 bits per heavy atom. The van der Waals surface area contributed by atoms with Crippen molar-refractivity contribution < 1.29 is 33.6 Å². The number of aliphatic hydroxyl groups is 2. The Bertz CT molecular complexity index is 911. The minimum Gasteiger partial charge on any atom is -0.497 e. The highest BCUT2D eigenvalue weighted by atomic mass is 19.1. The first-order chi connectivity index (χ1) is 17.5. The fourth-order valence-electron chi connectivity index (χ4n) is 4.07. The van der Waals surface area contributed by atoms with E-state index in [0.29, 0.717) is 62.6 Å². The number of aliphatic hydroxyl groups excluding tert-OH is 2. The number of unbranched alkanes of at least 4 members (excludes halogenated alkanes) is 1. The molecule has 2 aromatic carbocycles. The van der Waals surface area contributed by atoms with Crippen molar-refractivity contribution in [1.82, 2.24) is 10.2 Å². The van der Waals surface area contributed by atoms with E-state index >= 15 is 0 Å². The molecular formula is C27H37FN2O6. The smallest absolute Gasteiger partial charge is 0.223 e. The maximum atomic E-state index is 12.7. The molecule has 9 heteroatoms. The van der Waals surface area contributed by atoms with Crippen LogP contribution in [0.1, 0.15) is 37.4 Å². The summed E-state index contributed by atoms with van der Waals surface area (Å²) >= 11 is 0. The minimum absolute atomic E-state index is 0.129. The van der Waals surface area contributed by atoms with E-state index in [4.69, 9.17) is 14.2 Å². The van der Waals surface area contributed by atoms with Gasteiger partial charge in [-0.2, -0.15) is 0 Å². The number of β-amino-alcohol motifs (C(OH)–C–C–N with tert-alkyl or cyclic N) is 1. The van der Waals surface area contributed by atoms with Crippen molar-refractivity contribution in [3.8, 4) is 17.2 Å². The molecule has 0 radical (unpaired) electrons. The Labute approximate surface area is 212 Å². The number of ether oxygens (including phenoxy) is 3. The van der Waals surface area contributed by atoms with Crippen LogP contribution in [0, 0.1) is 0 Å². The van der Waals surface area contributed by atoms with Crippen molar-refractivity contribution in [1.29, 1.82) is 0 Å². The minimum atomic E-state index is -0.949. The number of carbonyl (C=O) groups is 1. The van der Waals surface area contributed by atoms with Crippen molar-refractivity contribution in [3.05, 3.63) is 54.1 Å². The molecule has 1 heterocycles. The molecule has 0 unspecified atom stereocenters. The SMILES string of the molecule is COc1ccc(OCCC(=O)N[C@H](CN2CC[C@@H](O)C2)[C@H](O)c2ccc(OCCCCF)cc2)cc1. The number of carbonyl (C=O) groups excluding carboxylic acids is 1. The second kappa shape index (κ2) is 14.6. The lowest BCUT2D eigenvalue weighted by molar-refractivity contribution is -0.123. The van der Waals surface area contributed by atoms with Gasteiger partial charge in [0.25, 0.3) is 0 Å². The van der Waals surface area contributed by atoms with Crippen LogP contribution in [0.2, 0.25) is 0 Å². The predicted octanol–water partition coefficient (Wildman–Crippen LogP) is 2.88. The van der Waals surface area contributed by atoms with Gasteiger partial charge in [0.2, 0.25) is 5.91 Å². The molecule has 1 aliphatic heterocycles. The van der Waals surface area contributed by atoms with Crippen molar-refractivity contribution in [2.75, 3.05) is 46.6 Å². The third kappa shape index (κ3) is 8.96. The summed E-state index contributed by atoms with van der Waals surface area (Å²) in [5.74, 6) is 1.77. The van der Waals surface area contributed by atoms with Crippen molar-refractivity contribution >= 4 is 5.91 Å². The highest BCUT2D eigenvalue weighted by Crippen LogP contribution is 2.23. The summed E-state index contributed by atoms with van der Waals surface area (Å²) in [6, 6.07) is 13.6. The summed E-state index contributed by atoms with van der Waals surface area (Å²) in [5.41, 5.74) is 0.644. The number of rotatable bonds is 15. The van der Waals surface area contributed by atoms with Gasteiger partial charge in [-0.1, -0.05) is 12.1 Å². The van der Waals surface area contributed by atoms with Crippen molar-refractivity contribution in [2.45, 2.75) is 43.9 Å². The van der Waals surface area contributed by atoms with Gasteiger partial charge in [0, 0.05) is 19.6 Å². The summed E-state index contributed by atoms with van der Waals surface area (Å²) in [7, 11) is 1.59. The largest absolute Gasteiger partial charge is 0.497 e. The Morgan fingerprint density at radius 3 is 2.31 bits per heavy atom. The fraction of sp³-hybridized carbons (Fsp3) is 0.519. The van der Waals surface area contributed by atoms with Gasteiger partial charge >= 0.3 is 0 Å². The number of amides is 1. The lowest BCUT2D eigenvalue weighted by atomic mass is 10.0. The van der Waals surface area contributed by atoms with E-state index in [1.54, 1.807) is 55.6 Å². The zero-order valence-electron chi connectivity index (χ0n) is 20.8. The van der Waals surface area contributed by atoms with E-state index in [2.05, 4.69) is 5.32 Å². The molecule has 0 saturated carbocycles. The zero-order valence-corrected chi connectivity index (χ0v) is 20.8. The molecule has 8 nitrogen and oxygen atoms in total. The molecule has 1 aliphatic rings. The molecule has 3 N–H and O–H groups in total. The number of nitrogens with one attached hydrogen (secondary N) is 1. The number of hydrogen-bond donors (Lipinski definition) is 3. The second-order valence-electron chi connectivity index (χ2n) is 8.91. The molecule has 1 saturated heterocycles. The van der Waals surface area contributed by atoms with E-state index in [0.717, 1.165) is 5.75 Å². The standard InChI is InChI=1S/C27H37FN2O6/c1-34-22-8-10-24(11-9-22)36-17-13-26(32)29-25(19-30-15-12-21(31)18-30)27(33)20-4-6-23(7-5-20)35-16-3-2-14-28/h4-11,21,25,27,31,33H,2-3,12-19H2,1H3,(H,29,32)/t21-,25-,27-/m1/s1. The van der Waals surface area contributed by atoms with Crippen LogP contribution >= 0.6 is 0 Å². The highest BCUT2D eigenvalue weighted by molar-refractivity contribution is 5.76. The summed E-state index contributed by atoms with van der Waals surface area (Å²) in [6.45, 7) is 1.88. The van der Waals surface area contributed by atoms with Gasteiger partial charge in [-0.15, -0.1) is 0 Å². The summed E-state index contributed by atoms with van der Waals surface area (Å²) in [6.07, 6.45) is 0.553. The zero-order chi connectivity index (χ0) is 25.8. The van der Waals surface area contributed by atoms with Gasteiger partial charge < -0.3 is 29.7 Å². The Kier molecular flexibility index (Phi) is 11.3. The quantitative estimate of drug-likeness (QED) is 0.321. The van der Waals surface area contributed by atoms with Crippen molar-refractivity contribution in [3.63, 3.8) is 0 Å². The van der Waals surface area contributed by atoms with Crippen LogP contribution in [-0.4, -0.2) is 79.8 Å². The van der Waals surface area contributed by atoms with E-state index < -0.39 is 18.2 Å². The molecule has 3 rings (SSSR count).